The maximum Gasteiger partial charge on any atom is 0.238 e. The van der Waals surface area contributed by atoms with Crippen molar-refractivity contribution in [3.63, 3.8) is 0 Å². The Bertz CT molecular complexity index is 880. The highest BCUT2D eigenvalue weighted by Crippen LogP contribution is 2.32. The molecule has 0 amide bonds. The molecule has 0 unspecified atom stereocenters. The van der Waals surface area contributed by atoms with Crippen molar-refractivity contribution in [2.45, 2.75) is 17.7 Å². The normalized spacial score (nSPS) is 14.5. The van der Waals surface area contributed by atoms with E-state index in [9.17, 15) is 12.8 Å². The first-order valence-corrected chi connectivity index (χ1v) is 8.75. The number of halogens is 1. The third-order valence-corrected chi connectivity index (χ3v) is 4.76. The summed E-state index contributed by atoms with van der Waals surface area (Å²) in [6.45, 7) is 0. The molecule has 1 aliphatic rings. The van der Waals surface area contributed by atoms with Gasteiger partial charge in [-0.1, -0.05) is 36.4 Å². The maximum atomic E-state index is 13.0. The van der Waals surface area contributed by atoms with Crippen LogP contribution in [0.5, 0.6) is 0 Å². The Morgan fingerprint density at radius 3 is 2.22 bits per heavy atom. The van der Waals surface area contributed by atoms with Crippen LogP contribution in [0.15, 0.2) is 71.2 Å². The zero-order valence-corrected chi connectivity index (χ0v) is 13.2. The molecule has 0 heterocycles. The van der Waals surface area contributed by atoms with Gasteiger partial charge in [-0.2, -0.15) is 0 Å². The Balaban J connectivity index is 1.82. The number of hydrogen-bond acceptors (Lipinski definition) is 2. The summed E-state index contributed by atoms with van der Waals surface area (Å²) < 4.78 is 35.6. The van der Waals surface area contributed by atoms with Crippen LogP contribution >= 0.6 is 0 Å². The lowest BCUT2D eigenvalue weighted by Crippen LogP contribution is -2.11. The second-order valence-electron chi connectivity index (χ2n) is 5.46. The number of benzene rings is 2. The monoisotopic (exact) mass is 329 g/mol. The van der Waals surface area contributed by atoms with Crippen LogP contribution in [-0.2, 0) is 16.4 Å². The Kier molecular flexibility index (Phi) is 4.15. The van der Waals surface area contributed by atoms with E-state index in [2.05, 4.69) is 12.2 Å². The lowest BCUT2D eigenvalue weighted by molar-refractivity contribution is 0.598. The zero-order valence-electron chi connectivity index (χ0n) is 12.4. The SMILES string of the molecule is NS(=O)(=O)c1ccc(C2=CCC=C2Cc2ccc(F)cc2)cc1. The Hall–Kier alpha value is -2.24. The summed E-state index contributed by atoms with van der Waals surface area (Å²) >= 11 is 0. The summed E-state index contributed by atoms with van der Waals surface area (Å²) in [7, 11) is -3.68. The molecule has 5 heteroatoms. The Labute approximate surface area is 135 Å². The van der Waals surface area contributed by atoms with Crippen LogP contribution in [0.2, 0.25) is 0 Å². The minimum Gasteiger partial charge on any atom is -0.225 e. The maximum absolute atomic E-state index is 13.0. The third-order valence-electron chi connectivity index (χ3n) is 3.83. The molecule has 0 aromatic heterocycles. The van der Waals surface area contributed by atoms with Crippen molar-refractivity contribution >= 4 is 15.6 Å². The lowest BCUT2D eigenvalue weighted by atomic mass is 9.95. The smallest absolute Gasteiger partial charge is 0.225 e. The second-order valence-corrected chi connectivity index (χ2v) is 7.02. The van der Waals surface area contributed by atoms with Gasteiger partial charge in [-0.25, -0.2) is 17.9 Å². The summed E-state index contributed by atoms with van der Waals surface area (Å²) in [4.78, 5) is 0.101. The summed E-state index contributed by atoms with van der Waals surface area (Å²) in [6, 6.07) is 13.0. The summed E-state index contributed by atoms with van der Waals surface area (Å²) in [6.07, 6.45) is 5.78. The van der Waals surface area contributed by atoms with Crippen molar-refractivity contribution in [1.29, 1.82) is 0 Å². The number of hydrogen-bond donors (Lipinski definition) is 1. The fourth-order valence-electron chi connectivity index (χ4n) is 2.68. The zero-order chi connectivity index (χ0) is 16.4. The first-order valence-electron chi connectivity index (χ1n) is 7.21. The van der Waals surface area contributed by atoms with Crippen molar-refractivity contribution < 1.29 is 12.8 Å². The average Bonchev–Trinajstić information content (AvgIpc) is 2.97. The highest BCUT2D eigenvalue weighted by molar-refractivity contribution is 7.89. The Morgan fingerprint density at radius 2 is 1.61 bits per heavy atom. The van der Waals surface area contributed by atoms with Crippen molar-refractivity contribution in [3.8, 4) is 0 Å². The Morgan fingerprint density at radius 1 is 0.957 bits per heavy atom. The third kappa shape index (κ3) is 3.57. The first-order chi connectivity index (χ1) is 10.9. The molecule has 0 bridgehead atoms. The molecule has 0 fully saturated rings. The minimum atomic E-state index is -3.68. The molecule has 3 nitrogen and oxygen atoms in total. The van der Waals surface area contributed by atoms with Crippen LogP contribution in [0, 0.1) is 5.82 Å². The molecule has 23 heavy (non-hydrogen) atoms. The van der Waals surface area contributed by atoms with Gasteiger partial charge in [-0.05, 0) is 59.4 Å². The molecule has 0 saturated heterocycles. The second kappa shape index (κ2) is 6.10. The van der Waals surface area contributed by atoms with Gasteiger partial charge in [0.15, 0.2) is 0 Å². The number of nitrogens with two attached hydrogens (primary N) is 1. The van der Waals surface area contributed by atoms with Gasteiger partial charge in [0.25, 0.3) is 0 Å². The fraction of sp³-hybridized carbons (Fsp3) is 0.111. The predicted molar refractivity (Wildman–Crippen MR) is 88.6 cm³/mol. The molecule has 0 saturated carbocycles. The van der Waals surface area contributed by atoms with Gasteiger partial charge in [0.05, 0.1) is 4.90 Å². The topological polar surface area (TPSA) is 60.2 Å². The molecule has 2 aromatic carbocycles. The molecule has 0 aliphatic heterocycles. The molecule has 2 aromatic rings. The van der Waals surface area contributed by atoms with E-state index < -0.39 is 10.0 Å². The van der Waals surface area contributed by atoms with Crippen LogP contribution in [0.4, 0.5) is 4.39 Å². The van der Waals surface area contributed by atoms with E-state index in [-0.39, 0.29) is 10.7 Å². The number of primary sulfonamides is 1. The van der Waals surface area contributed by atoms with Crippen molar-refractivity contribution in [3.05, 3.63) is 83.2 Å². The fourth-order valence-corrected chi connectivity index (χ4v) is 3.19. The van der Waals surface area contributed by atoms with E-state index in [1.54, 1.807) is 24.3 Å². The van der Waals surface area contributed by atoms with Crippen LogP contribution < -0.4 is 5.14 Å². The van der Waals surface area contributed by atoms with Gasteiger partial charge in [-0.15, -0.1) is 0 Å². The summed E-state index contributed by atoms with van der Waals surface area (Å²) in [5.74, 6) is -0.247. The number of allylic oxidation sites excluding steroid dienone is 4. The van der Waals surface area contributed by atoms with Crippen LogP contribution in [-0.4, -0.2) is 8.42 Å². The number of rotatable bonds is 4. The molecular weight excluding hydrogens is 313 g/mol. The van der Waals surface area contributed by atoms with Crippen molar-refractivity contribution in [2.75, 3.05) is 0 Å². The van der Waals surface area contributed by atoms with Crippen molar-refractivity contribution in [2.24, 2.45) is 5.14 Å². The van der Waals surface area contributed by atoms with E-state index in [0.717, 1.165) is 28.7 Å². The minimum absolute atomic E-state index is 0.101. The van der Waals surface area contributed by atoms with E-state index in [1.807, 2.05) is 0 Å². The quantitative estimate of drug-likeness (QED) is 0.934. The molecular formula is C18H16FNO2S. The van der Waals surface area contributed by atoms with E-state index in [1.165, 1.54) is 24.3 Å². The largest absolute Gasteiger partial charge is 0.238 e. The summed E-state index contributed by atoms with van der Waals surface area (Å²) in [5, 5.41) is 5.12. The van der Waals surface area contributed by atoms with Gasteiger partial charge in [0.2, 0.25) is 10.0 Å². The average molecular weight is 329 g/mol. The molecule has 0 atom stereocenters. The molecule has 0 spiro atoms. The van der Waals surface area contributed by atoms with Gasteiger partial charge in [0.1, 0.15) is 5.82 Å². The predicted octanol–water partition coefficient (Wildman–Crippen LogP) is 3.43. The van der Waals surface area contributed by atoms with Crippen LogP contribution in [0.1, 0.15) is 17.5 Å². The van der Waals surface area contributed by atoms with Crippen LogP contribution in [0.3, 0.4) is 0 Å². The van der Waals surface area contributed by atoms with E-state index in [4.69, 9.17) is 5.14 Å². The molecule has 0 radical (unpaired) electrons. The summed E-state index contributed by atoms with van der Waals surface area (Å²) in [5.41, 5.74) is 4.21. The van der Waals surface area contributed by atoms with E-state index >= 15 is 0 Å². The highest BCUT2D eigenvalue weighted by atomic mass is 32.2. The van der Waals surface area contributed by atoms with Crippen LogP contribution in [0.25, 0.3) is 5.57 Å². The highest BCUT2D eigenvalue weighted by Gasteiger charge is 2.14. The van der Waals surface area contributed by atoms with Gasteiger partial charge in [-0.3, -0.25) is 0 Å². The first kappa shape index (κ1) is 15.6. The van der Waals surface area contributed by atoms with E-state index in [0.29, 0.717) is 6.42 Å². The van der Waals surface area contributed by atoms with Gasteiger partial charge in [0, 0.05) is 0 Å². The molecule has 118 valence electrons. The van der Waals surface area contributed by atoms with Gasteiger partial charge >= 0.3 is 0 Å². The van der Waals surface area contributed by atoms with Crippen molar-refractivity contribution in [1.82, 2.24) is 0 Å². The molecule has 1 aliphatic carbocycles. The standard InChI is InChI=1S/C18H16FNO2S/c19-16-8-4-13(5-9-16)12-15-2-1-3-18(15)14-6-10-17(11-7-14)23(20,21)22/h2-11H,1,12H2,(H2,20,21,22). The van der Waals surface area contributed by atoms with Gasteiger partial charge < -0.3 is 0 Å². The number of sulfonamides is 1. The molecule has 2 N–H and O–H groups in total. The molecule has 3 rings (SSSR count). The lowest BCUT2D eigenvalue weighted by Gasteiger charge is -2.10.